The summed E-state index contributed by atoms with van der Waals surface area (Å²) in [5.41, 5.74) is 11.4. The first-order valence-corrected chi connectivity index (χ1v) is 11.4. The predicted octanol–water partition coefficient (Wildman–Crippen LogP) is 7.27. The van der Waals surface area contributed by atoms with Crippen molar-refractivity contribution in [2.24, 2.45) is 11.3 Å². The Morgan fingerprint density at radius 3 is 2.50 bits per heavy atom. The monoisotopic (exact) mass is 401 g/mol. The van der Waals surface area contributed by atoms with Gasteiger partial charge in [-0.1, -0.05) is 51.6 Å². The van der Waals surface area contributed by atoms with Gasteiger partial charge < -0.3 is 5.32 Å². The second-order valence-electron chi connectivity index (χ2n) is 10.4. The first-order valence-electron chi connectivity index (χ1n) is 11.4. The van der Waals surface area contributed by atoms with Crippen LogP contribution in [0.5, 0.6) is 0 Å². The van der Waals surface area contributed by atoms with E-state index in [2.05, 4.69) is 83.2 Å². The van der Waals surface area contributed by atoms with E-state index in [1.54, 1.807) is 11.1 Å². The Morgan fingerprint density at radius 1 is 1.27 bits per heavy atom. The van der Waals surface area contributed by atoms with E-state index in [1.165, 1.54) is 47.1 Å². The van der Waals surface area contributed by atoms with Crippen LogP contribution in [0.3, 0.4) is 0 Å². The van der Waals surface area contributed by atoms with Crippen LogP contribution >= 0.6 is 0 Å². The molecule has 0 aliphatic heterocycles. The maximum absolute atomic E-state index is 4.20. The summed E-state index contributed by atoms with van der Waals surface area (Å²) in [5, 5.41) is 3.69. The smallest absolute Gasteiger partial charge is 0.0344 e. The molecule has 1 aromatic carbocycles. The fourth-order valence-electron chi connectivity index (χ4n) is 4.70. The molecule has 0 aromatic heterocycles. The third kappa shape index (κ3) is 5.06. The summed E-state index contributed by atoms with van der Waals surface area (Å²) in [4.78, 5) is 0. The van der Waals surface area contributed by atoms with Crippen LogP contribution in [0.4, 0.5) is 0 Å². The minimum atomic E-state index is 0.143. The van der Waals surface area contributed by atoms with Gasteiger partial charge in [0.05, 0.1) is 0 Å². The molecule has 3 rings (SSSR count). The largest absolute Gasteiger partial charge is 0.387 e. The van der Waals surface area contributed by atoms with Gasteiger partial charge in [0.25, 0.3) is 0 Å². The van der Waals surface area contributed by atoms with Gasteiger partial charge in [0.1, 0.15) is 0 Å². The summed E-state index contributed by atoms with van der Waals surface area (Å²) >= 11 is 0. The topological polar surface area (TPSA) is 12.0 Å². The second kappa shape index (κ2) is 8.84. The van der Waals surface area contributed by atoms with Crippen molar-refractivity contribution in [2.75, 3.05) is 0 Å². The molecule has 160 valence electrons. The quantitative estimate of drug-likeness (QED) is 0.339. The van der Waals surface area contributed by atoms with Crippen molar-refractivity contribution in [3.63, 3.8) is 0 Å². The SMILES string of the molecule is C=CCCC1Cc2c(C)cc(C3=CC3=C)c(CC(N/C=C/C(=C)C)C(C)(C)C)c2C1. The van der Waals surface area contributed by atoms with Crippen LogP contribution in [-0.2, 0) is 19.3 Å². The van der Waals surface area contributed by atoms with Crippen molar-refractivity contribution < 1.29 is 0 Å². The first kappa shape index (κ1) is 22.4. The maximum Gasteiger partial charge on any atom is 0.0344 e. The zero-order valence-corrected chi connectivity index (χ0v) is 19.7. The van der Waals surface area contributed by atoms with Crippen molar-refractivity contribution in [3.05, 3.63) is 89.2 Å². The summed E-state index contributed by atoms with van der Waals surface area (Å²) in [6.45, 7) is 23.4. The molecule has 1 N–H and O–H groups in total. The predicted molar refractivity (Wildman–Crippen MR) is 133 cm³/mol. The van der Waals surface area contributed by atoms with Crippen molar-refractivity contribution in [2.45, 2.75) is 72.8 Å². The molecule has 30 heavy (non-hydrogen) atoms. The molecule has 1 nitrogen and oxygen atoms in total. The number of fused-ring (bicyclic) bond motifs is 1. The van der Waals surface area contributed by atoms with Crippen LogP contribution in [0.1, 0.15) is 68.4 Å². The molecule has 2 atom stereocenters. The average molecular weight is 402 g/mol. The molecule has 0 fully saturated rings. The molecule has 2 aliphatic rings. The van der Waals surface area contributed by atoms with E-state index in [0.29, 0.717) is 6.04 Å². The fourth-order valence-corrected chi connectivity index (χ4v) is 4.70. The Morgan fingerprint density at radius 2 is 1.93 bits per heavy atom. The normalized spacial score (nSPS) is 18.9. The zero-order chi connectivity index (χ0) is 22.1. The first-order chi connectivity index (χ1) is 14.1. The highest BCUT2D eigenvalue weighted by molar-refractivity contribution is 5.98. The van der Waals surface area contributed by atoms with Gasteiger partial charge in [-0.2, -0.15) is 0 Å². The number of hydrogen-bond donors (Lipinski definition) is 1. The number of nitrogens with one attached hydrogen (secondary N) is 1. The molecular weight excluding hydrogens is 362 g/mol. The summed E-state index contributed by atoms with van der Waals surface area (Å²) in [5.74, 6) is 0.742. The lowest BCUT2D eigenvalue weighted by atomic mass is 9.79. The molecule has 0 saturated carbocycles. The lowest BCUT2D eigenvalue weighted by Crippen LogP contribution is -2.39. The van der Waals surface area contributed by atoms with E-state index >= 15 is 0 Å². The Bertz CT molecular complexity index is 917. The van der Waals surface area contributed by atoms with Gasteiger partial charge in [-0.15, -0.1) is 6.58 Å². The zero-order valence-electron chi connectivity index (χ0n) is 19.7. The summed E-state index contributed by atoms with van der Waals surface area (Å²) in [7, 11) is 0. The number of allylic oxidation sites excluding steroid dienone is 6. The molecule has 1 aromatic rings. The molecule has 0 heterocycles. The van der Waals surface area contributed by atoms with Crippen molar-refractivity contribution >= 4 is 5.57 Å². The fraction of sp³-hybridized carbons (Fsp3) is 0.448. The maximum atomic E-state index is 4.20. The molecule has 0 bridgehead atoms. The Hall–Kier alpha value is -2.28. The minimum Gasteiger partial charge on any atom is -0.387 e. The number of aryl methyl sites for hydroxylation is 1. The number of benzene rings is 1. The lowest BCUT2D eigenvalue weighted by Gasteiger charge is -2.33. The molecule has 0 amide bonds. The van der Waals surface area contributed by atoms with Crippen LogP contribution in [0.25, 0.3) is 5.57 Å². The van der Waals surface area contributed by atoms with E-state index in [4.69, 9.17) is 0 Å². The van der Waals surface area contributed by atoms with Gasteiger partial charge in [0.2, 0.25) is 0 Å². The highest BCUT2D eigenvalue weighted by atomic mass is 14.9. The molecule has 2 aliphatic carbocycles. The van der Waals surface area contributed by atoms with Crippen LogP contribution in [0, 0.1) is 18.3 Å². The van der Waals surface area contributed by atoms with E-state index in [0.717, 1.165) is 24.3 Å². The summed E-state index contributed by atoms with van der Waals surface area (Å²) in [6.07, 6.45) is 14.2. The second-order valence-corrected chi connectivity index (χ2v) is 10.4. The third-order valence-electron chi connectivity index (χ3n) is 6.65. The van der Waals surface area contributed by atoms with E-state index in [1.807, 2.05) is 6.92 Å². The van der Waals surface area contributed by atoms with Crippen molar-refractivity contribution in [1.29, 1.82) is 0 Å². The Labute approximate surface area is 184 Å². The van der Waals surface area contributed by atoms with Gasteiger partial charge in [0.15, 0.2) is 0 Å². The minimum absolute atomic E-state index is 0.143. The molecular formula is C29H39N. The standard InChI is InChI=1S/C29H39N/c1-9-10-11-22-16-24-21(5)15-25(23-14-20(23)4)27(26(24)17-22)18-28(29(6,7)8)30-13-12-19(2)3/h9,12-15,22,28,30H,1-2,4,10-11,16-18H2,3,5-8H3/b13-12+. The van der Waals surface area contributed by atoms with Gasteiger partial charge >= 0.3 is 0 Å². The van der Waals surface area contributed by atoms with Crippen LogP contribution in [0.15, 0.2) is 61.4 Å². The number of hydrogen-bond acceptors (Lipinski definition) is 1. The van der Waals surface area contributed by atoms with E-state index < -0.39 is 0 Å². The van der Waals surface area contributed by atoms with Gasteiger partial charge in [0, 0.05) is 6.04 Å². The van der Waals surface area contributed by atoms with Crippen LogP contribution < -0.4 is 5.32 Å². The van der Waals surface area contributed by atoms with Crippen molar-refractivity contribution in [3.8, 4) is 0 Å². The molecule has 0 radical (unpaired) electrons. The molecule has 2 unspecified atom stereocenters. The summed E-state index contributed by atoms with van der Waals surface area (Å²) < 4.78 is 0. The number of rotatable bonds is 9. The van der Waals surface area contributed by atoms with Crippen LogP contribution in [0.2, 0.25) is 0 Å². The van der Waals surface area contributed by atoms with E-state index in [-0.39, 0.29) is 5.41 Å². The lowest BCUT2D eigenvalue weighted by molar-refractivity contribution is 0.287. The van der Waals surface area contributed by atoms with E-state index in [9.17, 15) is 0 Å². The van der Waals surface area contributed by atoms with Crippen molar-refractivity contribution in [1.82, 2.24) is 5.32 Å². The molecule has 0 saturated heterocycles. The highest BCUT2D eigenvalue weighted by Gasteiger charge is 2.33. The third-order valence-corrected chi connectivity index (χ3v) is 6.65. The Balaban J connectivity index is 1.98. The van der Waals surface area contributed by atoms with Gasteiger partial charge in [-0.3, -0.25) is 0 Å². The van der Waals surface area contributed by atoms with Gasteiger partial charge in [-0.25, -0.2) is 0 Å². The highest BCUT2D eigenvalue weighted by Crippen LogP contribution is 2.44. The summed E-state index contributed by atoms with van der Waals surface area (Å²) in [6, 6.07) is 2.77. The average Bonchev–Trinajstić information content (AvgIpc) is 3.21. The Kier molecular flexibility index (Phi) is 6.60. The van der Waals surface area contributed by atoms with Gasteiger partial charge in [-0.05, 0) is 115 Å². The van der Waals surface area contributed by atoms with Crippen LogP contribution in [-0.4, -0.2) is 6.04 Å². The molecule has 0 spiro atoms. The molecule has 1 heteroatoms.